The second-order valence-electron chi connectivity index (χ2n) is 3.78. The van der Waals surface area contributed by atoms with E-state index < -0.39 is 0 Å². The predicted octanol–water partition coefficient (Wildman–Crippen LogP) is 3.06. The number of hydrogen-bond acceptors (Lipinski definition) is 3. The van der Waals surface area contributed by atoms with E-state index in [0.29, 0.717) is 12.1 Å². The number of anilines is 1. The maximum atomic E-state index is 12.0. The lowest BCUT2D eigenvalue weighted by atomic mass is 10.1. The summed E-state index contributed by atoms with van der Waals surface area (Å²) in [6.45, 7) is 1.96. The summed E-state index contributed by atoms with van der Waals surface area (Å²) in [5.41, 5.74) is 8.40. The molecule has 16 heavy (non-hydrogen) atoms. The van der Waals surface area contributed by atoms with Gasteiger partial charge in [-0.05, 0) is 41.6 Å². The molecule has 0 aliphatic carbocycles. The SMILES string of the molecule is Cc1ccsc1C(=O)Cc1cccc(N)c1. The molecule has 2 aromatic rings. The van der Waals surface area contributed by atoms with Crippen molar-refractivity contribution in [1.82, 2.24) is 0 Å². The number of thiophene rings is 1. The monoisotopic (exact) mass is 231 g/mol. The Labute approximate surface area is 98.7 Å². The van der Waals surface area contributed by atoms with Gasteiger partial charge in [0.1, 0.15) is 0 Å². The molecule has 1 heterocycles. The molecule has 82 valence electrons. The minimum absolute atomic E-state index is 0.165. The third-order valence-corrected chi connectivity index (χ3v) is 3.49. The average molecular weight is 231 g/mol. The summed E-state index contributed by atoms with van der Waals surface area (Å²) in [6.07, 6.45) is 0.423. The van der Waals surface area contributed by atoms with Crippen molar-refractivity contribution < 1.29 is 4.79 Å². The van der Waals surface area contributed by atoms with Gasteiger partial charge >= 0.3 is 0 Å². The molecule has 0 radical (unpaired) electrons. The van der Waals surface area contributed by atoms with Crippen LogP contribution in [0.25, 0.3) is 0 Å². The fourth-order valence-corrected chi connectivity index (χ4v) is 2.49. The van der Waals surface area contributed by atoms with Crippen LogP contribution in [0.3, 0.4) is 0 Å². The highest BCUT2D eigenvalue weighted by molar-refractivity contribution is 7.12. The first kappa shape index (κ1) is 10.9. The lowest BCUT2D eigenvalue weighted by Crippen LogP contribution is -2.03. The minimum Gasteiger partial charge on any atom is -0.399 e. The van der Waals surface area contributed by atoms with Crippen LogP contribution in [0.4, 0.5) is 5.69 Å². The van der Waals surface area contributed by atoms with Gasteiger partial charge in [0.2, 0.25) is 0 Å². The Morgan fingerprint density at radius 3 is 2.81 bits per heavy atom. The highest BCUT2D eigenvalue weighted by Gasteiger charge is 2.11. The number of ketones is 1. The second kappa shape index (κ2) is 4.49. The Bertz CT molecular complexity index is 516. The highest BCUT2D eigenvalue weighted by Crippen LogP contribution is 2.18. The van der Waals surface area contributed by atoms with Crippen molar-refractivity contribution in [2.75, 3.05) is 5.73 Å². The van der Waals surface area contributed by atoms with Crippen LogP contribution in [-0.4, -0.2) is 5.78 Å². The second-order valence-corrected chi connectivity index (χ2v) is 4.69. The van der Waals surface area contributed by atoms with Crippen LogP contribution in [0.2, 0.25) is 0 Å². The van der Waals surface area contributed by atoms with Crippen molar-refractivity contribution >= 4 is 22.8 Å². The number of Topliss-reactive ketones (excluding diaryl/α,β-unsaturated/α-hetero) is 1. The third kappa shape index (κ3) is 2.31. The van der Waals surface area contributed by atoms with Crippen molar-refractivity contribution in [3.05, 3.63) is 51.7 Å². The Morgan fingerprint density at radius 1 is 1.38 bits per heavy atom. The molecule has 0 atom stereocenters. The van der Waals surface area contributed by atoms with E-state index in [4.69, 9.17) is 5.73 Å². The number of hydrogen-bond donors (Lipinski definition) is 1. The fourth-order valence-electron chi connectivity index (χ4n) is 1.63. The molecule has 2 rings (SSSR count). The van der Waals surface area contributed by atoms with E-state index in [-0.39, 0.29) is 5.78 Å². The molecule has 0 unspecified atom stereocenters. The van der Waals surface area contributed by atoms with Gasteiger partial charge < -0.3 is 5.73 Å². The molecular weight excluding hydrogens is 218 g/mol. The summed E-state index contributed by atoms with van der Waals surface area (Å²) in [5, 5.41) is 1.95. The molecule has 3 heteroatoms. The number of carbonyl (C=O) groups excluding carboxylic acids is 1. The molecule has 0 saturated carbocycles. The molecule has 0 amide bonds. The maximum Gasteiger partial charge on any atom is 0.177 e. The molecule has 0 spiro atoms. The Morgan fingerprint density at radius 2 is 2.19 bits per heavy atom. The van der Waals surface area contributed by atoms with E-state index >= 15 is 0 Å². The van der Waals surface area contributed by atoms with Crippen molar-refractivity contribution in [2.24, 2.45) is 0 Å². The average Bonchev–Trinajstić information content (AvgIpc) is 2.64. The molecule has 2 nitrogen and oxygen atoms in total. The standard InChI is InChI=1S/C13H13NOS/c1-9-5-6-16-13(9)12(15)8-10-3-2-4-11(14)7-10/h2-7H,8,14H2,1H3. The molecule has 0 saturated heterocycles. The van der Waals surface area contributed by atoms with Crippen LogP contribution in [0.1, 0.15) is 20.8 Å². The van der Waals surface area contributed by atoms with E-state index in [1.807, 2.05) is 42.6 Å². The van der Waals surface area contributed by atoms with Gasteiger partial charge in [-0.25, -0.2) is 0 Å². The largest absolute Gasteiger partial charge is 0.399 e. The van der Waals surface area contributed by atoms with Crippen LogP contribution in [-0.2, 0) is 6.42 Å². The summed E-state index contributed by atoms with van der Waals surface area (Å²) in [7, 11) is 0. The van der Waals surface area contributed by atoms with Gasteiger partial charge in [0.25, 0.3) is 0 Å². The molecular formula is C13H13NOS. The summed E-state index contributed by atoms with van der Waals surface area (Å²) < 4.78 is 0. The lowest BCUT2D eigenvalue weighted by Gasteiger charge is -2.01. The van der Waals surface area contributed by atoms with E-state index in [0.717, 1.165) is 16.0 Å². The minimum atomic E-state index is 0.165. The topological polar surface area (TPSA) is 43.1 Å². The van der Waals surface area contributed by atoms with Crippen LogP contribution < -0.4 is 5.73 Å². The van der Waals surface area contributed by atoms with E-state index in [1.54, 1.807) is 0 Å². The zero-order valence-corrected chi connectivity index (χ0v) is 9.88. The summed E-state index contributed by atoms with van der Waals surface area (Å²) >= 11 is 1.50. The van der Waals surface area contributed by atoms with Crippen LogP contribution in [0, 0.1) is 6.92 Å². The molecule has 0 bridgehead atoms. The van der Waals surface area contributed by atoms with Gasteiger partial charge in [-0.3, -0.25) is 4.79 Å². The molecule has 1 aromatic heterocycles. The summed E-state index contributed by atoms with van der Waals surface area (Å²) in [4.78, 5) is 12.8. The highest BCUT2D eigenvalue weighted by atomic mass is 32.1. The molecule has 2 N–H and O–H groups in total. The first-order valence-electron chi connectivity index (χ1n) is 5.08. The predicted molar refractivity (Wildman–Crippen MR) is 67.9 cm³/mol. The molecule has 0 aliphatic heterocycles. The van der Waals surface area contributed by atoms with Gasteiger partial charge in [-0.2, -0.15) is 0 Å². The third-order valence-electron chi connectivity index (χ3n) is 2.43. The van der Waals surface area contributed by atoms with Gasteiger partial charge in [0, 0.05) is 12.1 Å². The van der Waals surface area contributed by atoms with Gasteiger partial charge in [0.05, 0.1) is 4.88 Å². The van der Waals surface area contributed by atoms with E-state index in [2.05, 4.69) is 0 Å². The number of benzene rings is 1. The fraction of sp³-hybridized carbons (Fsp3) is 0.154. The summed E-state index contributed by atoms with van der Waals surface area (Å²) in [5.74, 6) is 0.165. The summed E-state index contributed by atoms with van der Waals surface area (Å²) in [6, 6.07) is 9.44. The van der Waals surface area contributed by atoms with Gasteiger partial charge in [0.15, 0.2) is 5.78 Å². The zero-order chi connectivity index (χ0) is 11.5. The number of rotatable bonds is 3. The smallest absolute Gasteiger partial charge is 0.177 e. The van der Waals surface area contributed by atoms with E-state index in [1.165, 1.54) is 11.3 Å². The zero-order valence-electron chi connectivity index (χ0n) is 9.07. The van der Waals surface area contributed by atoms with Crippen molar-refractivity contribution in [1.29, 1.82) is 0 Å². The molecule has 0 aliphatic rings. The van der Waals surface area contributed by atoms with Crippen molar-refractivity contribution in [2.45, 2.75) is 13.3 Å². The number of aryl methyl sites for hydroxylation is 1. The van der Waals surface area contributed by atoms with Crippen molar-refractivity contribution in [3.63, 3.8) is 0 Å². The maximum absolute atomic E-state index is 12.0. The number of carbonyl (C=O) groups is 1. The number of nitrogen functional groups attached to an aromatic ring is 1. The Hall–Kier alpha value is -1.61. The number of nitrogens with two attached hydrogens (primary N) is 1. The molecule has 0 fully saturated rings. The Balaban J connectivity index is 2.17. The van der Waals surface area contributed by atoms with Crippen LogP contribution in [0.5, 0.6) is 0 Å². The first-order chi connectivity index (χ1) is 7.66. The van der Waals surface area contributed by atoms with Crippen molar-refractivity contribution in [3.8, 4) is 0 Å². The van der Waals surface area contributed by atoms with Gasteiger partial charge in [-0.1, -0.05) is 12.1 Å². The Kier molecular flexibility index (Phi) is 3.06. The first-order valence-corrected chi connectivity index (χ1v) is 5.96. The van der Waals surface area contributed by atoms with Crippen LogP contribution >= 0.6 is 11.3 Å². The quantitative estimate of drug-likeness (QED) is 0.651. The lowest BCUT2D eigenvalue weighted by molar-refractivity contribution is 0.0996. The van der Waals surface area contributed by atoms with Crippen LogP contribution in [0.15, 0.2) is 35.7 Å². The molecule has 1 aromatic carbocycles. The van der Waals surface area contributed by atoms with Gasteiger partial charge in [-0.15, -0.1) is 11.3 Å². The van der Waals surface area contributed by atoms with E-state index in [9.17, 15) is 4.79 Å². The normalized spacial score (nSPS) is 10.3.